The van der Waals surface area contributed by atoms with Crippen molar-refractivity contribution in [2.24, 2.45) is 5.92 Å². The zero-order valence-electron chi connectivity index (χ0n) is 12.0. The second-order valence-corrected chi connectivity index (χ2v) is 5.69. The van der Waals surface area contributed by atoms with Crippen molar-refractivity contribution < 1.29 is 14.3 Å². The number of amides is 1. The molecule has 1 aromatic carbocycles. The summed E-state index contributed by atoms with van der Waals surface area (Å²) in [4.78, 5) is 12.5. The summed E-state index contributed by atoms with van der Waals surface area (Å²) in [5, 5.41) is 3.10. The lowest BCUT2D eigenvalue weighted by atomic mass is 9.67. The largest absolute Gasteiger partial charge is 0.501 e. The van der Waals surface area contributed by atoms with Crippen molar-refractivity contribution in [3.05, 3.63) is 59.1 Å². The molecule has 3 aliphatic carbocycles. The fraction of sp³-hybridized carbons (Fsp3) is 0.353. The molecule has 7 rings (SSSR count). The lowest BCUT2D eigenvalue weighted by Crippen LogP contribution is -2.51. The molecule has 1 amide bonds. The molecule has 0 spiro atoms. The molecule has 1 N–H and O–H groups in total. The van der Waals surface area contributed by atoms with Gasteiger partial charge >= 0.3 is 0 Å². The van der Waals surface area contributed by atoms with Crippen LogP contribution in [0.4, 0.5) is 0 Å². The predicted octanol–water partition coefficient (Wildman–Crippen LogP) is 2.06. The second kappa shape index (κ2) is 4.38. The summed E-state index contributed by atoms with van der Waals surface area (Å²) in [6, 6.07) is 8.18. The van der Waals surface area contributed by atoms with E-state index in [-0.39, 0.29) is 29.7 Å². The molecule has 0 saturated carbocycles. The van der Waals surface area contributed by atoms with Gasteiger partial charge in [-0.3, -0.25) is 4.79 Å². The van der Waals surface area contributed by atoms with Crippen molar-refractivity contribution in [3.8, 4) is 0 Å². The molecule has 4 bridgehead atoms. The number of benzene rings is 1. The molecule has 0 unspecified atom stereocenters. The van der Waals surface area contributed by atoms with E-state index in [2.05, 4.69) is 23.5 Å². The summed E-state index contributed by atoms with van der Waals surface area (Å²) >= 11 is 0. The lowest BCUT2D eigenvalue weighted by Gasteiger charge is -2.44. The quantitative estimate of drug-likeness (QED) is 0.903. The van der Waals surface area contributed by atoms with E-state index in [0.717, 1.165) is 11.5 Å². The maximum absolute atomic E-state index is 12.5. The fourth-order valence-corrected chi connectivity index (χ4v) is 3.88. The first-order valence-corrected chi connectivity index (χ1v) is 7.15. The summed E-state index contributed by atoms with van der Waals surface area (Å²) < 4.78 is 11.1. The summed E-state index contributed by atoms with van der Waals surface area (Å²) in [5.41, 5.74) is 2.44. The monoisotopic (exact) mass is 283 g/mol. The Kier molecular flexibility index (Phi) is 2.61. The Labute approximate surface area is 123 Å². The van der Waals surface area contributed by atoms with Crippen molar-refractivity contribution >= 4 is 5.91 Å². The zero-order valence-corrected chi connectivity index (χ0v) is 12.0. The standard InChI is InChI=1S/C17H17NO3/c1-20-13-7-11-9-5-3-4-6-10(9)15(13)12-8-14(21-2)16(11)17(19)18-12/h3-8,11-12,15-16H,1-2H3,(H,18,19)/t11-,12+,15+,16+/m1/s1. The van der Waals surface area contributed by atoms with Gasteiger partial charge in [-0.1, -0.05) is 24.3 Å². The van der Waals surface area contributed by atoms with Crippen LogP contribution in [-0.2, 0) is 14.3 Å². The number of hydrogen-bond donors (Lipinski definition) is 1. The van der Waals surface area contributed by atoms with E-state index in [1.807, 2.05) is 18.2 Å². The lowest BCUT2D eigenvalue weighted by molar-refractivity contribution is -0.127. The third kappa shape index (κ3) is 1.59. The highest BCUT2D eigenvalue weighted by Crippen LogP contribution is 2.49. The average Bonchev–Trinajstić information content (AvgIpc) is 2.49. The molecule has 0 aromatic heterocycles. The molecule has 3 aliphatic heterocycles. The van der Waals surface area contributed by atoms with Gasteiger partial charge in [0.1, 0.15) is 17.4 Å². The van der Waals surface area contributed by atoms with Gasteiger partial charge in [-0.05, 0) is 23.3 Å². The third-order valence-electron chi connectivity index (χ3n) is 4.77. The molecule has 108 valence electrons. The van der Waals surface area contributed by atoms with Gasteiger partial charge < -0.3 is 14.8 Å². The summed E-state index contributed by atoms with van der Waals surface area (Å²) in [6.07, 6.45) is 4.13. The first-order chi connectivity index (χ1) is 10.2. The Bertz CT molecular complexity index is 676. The van der Waals surface area contributed by atoms with Crippen molar-refractivity contribution in [2.45, 2.75) is 17.9 Å². The third-order valence-corrected chi connectivity index (χ3v) is 4.77. The fourth-order valence-electron chi connectivity index (χ4n) is 3.88. The molecule has 3 heterocycles. The molecule has 21 heavy (non-hydrogen) atoms. The van der Waals surface area contributed by atoms with Crippen LogP contribution >= 0.6 is 0 Å². The van der Waals surface area contributed by atoms with Crippen molar-refractivity contribution in [3.63, 3.8) is 0 Å². The van der Waals surface area contributed by atoms with Crippen LogP contribution < -0.4 is 5.32 Å². The van der Waals surface area contributed by atoms with E-state index in [1.54, 1.807) is 14.2 Å². The van der Waals surface area contributed by atoms with Gasteiger partial charge in [0.15, 0.2) is 0 Å². The van der Waals surface area contributed by atoms with Gasteiger partial charge in [0.2, 0.25) is 5.91 Å². The second-order valence-electron chi connectivity index (χ2n) is 5.69. The normalized spacial score (nSPS) is 32.4. The highest BCUT2D eigenvalue weighted by molar-refractivity contribution is 5.86. The predicted molar refractivity (Wildman–Crippen MR) is 77.5 cm³/mol. The number of rotatable bonds is 2. The highest BCUT2D eigenvalue weighted by atomic mass is 16.5. The van der Waals surface area contributed by atoms with E-state index < -0.39 is 0 Å². The van der Waals surface area contributed by atoms with Crippen LogP contribution in [0.1, 0.15) is 23.0 Å². The number of methoxy groups -OCH3 is 2. The Morgan fingerprint density at radius 1 is 0.952 bits per heavy atom. The number of carbonyl (C=O) groups is 1. The molecule has 0 fully saturated rings. The Balaban J connectivity index is 1.99. The topological polar surface area (TPSA) is 47.6 Å². The molecular weight excluding hydrogens is 266 g/mol. The van der Waals surface area contributed by atoms with Crippen LogP contribution in [0.15, 0.2) is 47.9 Å². The van der Waals surface area contributed by atoms with Crippen molar-refractivity contribution in [2.75, 3.05) is 14.2 Å². The van der Waals surface area contributed by atoms with Gasteiger partial charge in [-0.25, -0.2) is 0 Å². The molecule has 6 aliphatic rings. The summed E-state index contributed by atoms with van der Waals surface area (Å²) in [7, 11) is 3.33. The Morgan fingerprint density at radius 2 is 1.62 bits per heavy atom. The average molecular weight is 283 g/mol. The minimum atomic E-state index is -0.321. The van der Waals surface area contributed by atoms with E-state index in [9.17, 15) is 4.79 Å². The molecule has 4 nitrogen and oxygen atoms in total. The minimum absolute atomic E-state index is 0.0119. The Hall–Kier alpha value is -2.23. The number of carbonyl (C=O) groups excluding carboxylic acids is 1. The molecule has 0 radical (unpaired) electrons. The number of hydrogen-bond acceptors (Lipinski definition) is 3. The van der Waals surface area contributed by atoms with Crippen LogP contribution in [0.5, 0.6) is 0 Å². The molecule has 4 atom stereocenters. The van der Waals surface area contributed by atoms with Crippen molar-refractivity contribution in [1.29, 1.82) is 0 Å². The van der Waals surface area contributed by atoms with E-state index in [0.29, 0.717) is 0 Å². The first kappa shape index (κ1) is 12.5. The van der Waals surface area contributed by atoms with E-state index in [1.165, 1.54) is 11.1 Å². The SMILES string of the molecule is COC1=C[C@@H]2NC(=O)[C@H]1[C@@H]1C=C(OC)[C@H]2c2ccccc21. The Morgan fingerprint density at radius 3 is 2.33 bits per heavy atom. The van der Waals surface area contributed by atoms with E-state index in [4.69, 9.17) is 9.47 Å². The van der Waals surface area contributed by atoms with Gasteiger partial charge in [0, 0.05) is 5.92 Å². The van der Waals surface area contributed by atoms with Crippen LogP contribution in [0, 0.1) is 5.92 Å². The highest BCUT2D eigenvalue weighted by Gasteiger charge is 2.48. The van der Waals surface area contributed by atoms with Gasteiger partial charge in [-0.15, -0.1) is 0 Å². The summed E-state index contributed by atoms with van der Waals surface area (Å²) in [5.74, 6) is 1.38. The smallest absolute Gasteiger partial charge is 0.232 e. The minimum Gasteiger partial charge on any atom is -0.501 e. The number of nitrogens with one attached hydrogen (secondary N) is 1. The van der Waals surface area contributed by atoms with Gasteiger partial charge in [0.25, 0.3) is 0 Å². The maximum atomic E-state index is 12.5. The van der Waals surface area contributed by atoms with E-state index >= 15 is 0 Å². The summed E-state index contributed by atoms with van der Waals surface area (Å²) in [6.45, 7) is 0. The number of ether oxygens (including phenoxy) is 2. The first-order valence-electron chi connectivity index (χ1n) is 7.15. The molecular formula is C17H17NO3. The maximum Gasteiger partial charge on any atom is 0.232 e. The van der Waals surface area contributed by atoms with Crippen LogP contribution in [0.2, 0.25) is 0 Å². The van der Waals surface area contributed by atoms with Gasteiger partial charge in [-0.2, -0.15) is 0 Å². The molecule has 1 aromatic rings. The molecule has 0 saturated heterocycles. The zero-order chi connectivity index (χ0) is 14.6. The van der Waals surface area contributed by atoms with Crippen LogP contribution in [0.25, 0.3) is 0 Å². The van der Waals surface area contributed by atoms with Crippen LogP contribution in [-0.4, -0.2) is 26.2 Å². The number of allylic oxidation sites excluding steroid dienone is 1. The van der Waals surface area contributed by atoms with Gasteiger partial charge in [0.05, 0.1) is 26.2 Å². The van der Waals surface area contributed by atoms with Crippen LogP contribution in [0.3, 0.4) is 0 Å². The van der Waals surface area contributed by atoms with Crippen molar-refractivity contribution in [1.82, 2.24) is 5.32 Å². The molecule has 4 heteroatoms.